The fourth-order valence-electron chi connectivity index (χ4n) is 2.17. The van der Waals surface area contributed by atoms with Crippen molar-refractivity contribution >= 4 is 0 Å². The van der Waals surface area contributed by atoms with Gasteiger partial charge in [-0.05, 0) is 31.4 Å². The van der Waals surface area contributed by atoms with E-state index in [1.165, 1.54) is 6.07 Å². The summed E-state index contributed by atoms with van der Waals surface area (Å²) >= 11 is 0. The fraction of sp³-hybridized carbons (Fsp3) is 0.250. The Morgan fingerprint density at radius 3 is 2.50 bits per heavy atom. The van der Waals surface area contributed by atoms with E-state index >= 15 is 0 Å². The van der Waals surface area contributed by atoms with Crippen molar-refractivity contribution in [2.75, 3.05) is 0 Å². The molecular weight excluding hydrogens is 263 g/mol. The molecule has 0 heterocycles. The van der Waals surface area contributed by atoms with Crippen LogP contribution in [-0.2, 0) is 6.42 Å². The lowest BCUT2D eigenvalue weighted by molar-refractivity contribution is 0.433. The highest BCUT2D eigenvalue weighted by atomic mass is 19.2. The predicted molar refractivity (Wildman–Crippen MR) is 72.7 cm³/mol. The lowest BCUT2D eigenvalue weighted by Crippen LogP contribution is -2.14. The Bertz CT molecular complexity index is 611. The van der Waals surface area contributed by atoms with Crippen molar-refractivity contribution in [3.63, 3.8) is 0 Å². The van der Waals surface area contributed by atoms with Gasteiger partial charge in [-0.25, -0.2) is 13.2 Å². The van der Waals surface area contributed by atoms with Gasteiger partial charge in [-0.15, -0.1) is 0 Å². The molecule has 1 nitrogen and oxygen atoms in total. The third kappa shape index (κ3) is 3.20. The van der Waals surface area contributed by atoms with E-state index < -0.39 is 23.5 Å². The smallest absolute Gasteiger partial charge is 0.194 e. The van der Waals surface area contributed by atoms with E-state index in [1.807, 2.05) is 31.2 Å². The second kappa shape index (κ2) is 6.09. The van der Waals surface area contributed by atoms with Gasteiger partial charge in [-0.1, -0.05) is 35.9 Å². The topological polar surface area (TPSA) is 26.0 Å². The molecule has 0 aromatic heterocycles. The van der Waals surface area contributed by atoms with Gasteiger partial charge in [-0.2, -0.15) is 0 Å². The minimum absolute atomic E-state index is 0.0107. The van der Waals surface area contributed by atoms with Crippen LogP contribution >= 0.6 is 0 Å². The van der Waals surface area contributed by atoms with Crippen molar-refractivity contribution in [3.8, 4) is 0 Å². The fourth-order valence-corrected chi connectivity index (χ4v) is 2.17. The van der Waals surface area contributed by atoms with Gasteiger partial charge >= 0.3 is 0 Å². The largest absolute Gasteiger partial charge is 0.324 e. The number of benzene rings is 2. The molecule has 0 saturated heterocycles. The summed E-state index contributed by atoms with van der Waals surface area (Å²) < 4.78 is 39.6. The first kappa shape index (κ1) is 14.6. The molecule has 1 atom stereocenters. The van der Waals surface area contributed by atoms with E-state index in [9.17, 15) is 13.2 Å². The summed E-state index contributed by atoms with van der Waals surface area (Å²) in [4.78, 5) is 0. The zero-order chi connectivity index (χ0) is 14.7. The normalized spacial score (nSPS) is 12.4. The summed E-state index contributed by atoms with van der Waals surface area (Å²) in [6, 6.07) is 9.35. The number of rotatable bonds is 4. The van der Waals surface area contributed by atoms with Crippen LogP contribution in [0.4, 0.5) is 13.2 Å². The van der Waals surface area contributed by atoms with Gasteiger partial charge in [0, 0.05) is 11.6 Å². The minimum atomic E-state index is -1.46. The standard InChI is InChI=1S/C16H16F3N/c1-10-3-2-4-11(9-10)5-8-14(20)12-6-7-13(17)16(19)15(12)18/h2-4,6-7,9,14H,5,8,20H2,1H3. The van der Waals surface area contributed by atoms with E-state index in [2.05, 4.69) is 0 Å². The molecule has 2 N–H and O–H groups in total. The number of hydrogen-bond donors (Lipinski definition) is 1. The van der Waals surface area contributed by atoms with Crippen LogP contribution < -0.4 is 5.73 Å². The number of halogens is 3. The van der Waals surface area contributed by atoms with Crippen molar-refractivity contribution in [2.24, 2.45) is 5.73 Å². The van der Waals surface area contributed by atoms with Gasteiger partial charge in [0.15, 0.2) is 17.5 Å². The molecule has 0 fully saturated rings. The average molecular weight is 279 g/mol. The summed E-state index contributed by atoms with van der Waals surface area (Å²) in [5.74, 6) is -3.85. The van der Waals surface area contributed by atoms with Crippen LogP contribution in [0.25, 0.3) is 0 Å². The summed E-state index contributed by atoms with van der Waals surface area (Å²) in [5.41, 5.74) is 8.10. The highest BCUT2D eigenvalue weighted by molar-refractivity contribution is 5.25. The first-order chi connectivity index (χ1) is 9.49. The Balaban J connectivity index is 2.09. The highest BCUT2D eigenvalue weighted by Crippen LogP contribution is 2.23. The second-order valence-electron chi connectivity index (χ2n) is 4.90. The van der Waals surface area contributed by atoms with Crippen LogP contribution in [0.2, 0.25) is 0 Å². The minimum Gasteiger partial charge on any atom is -0.324 e. The summed E-state index contributed by atoms with van der Waals surface area (Å²) in [6.07, 6.45) is 1.12. The van der Waals surface area contributed by atoms with Crippen molar-refractivity contribution in [2.45, 2.75) is 25.8 Å². The molecule has 2 aromatic carbocycles. The van der Waals surface area contributed by atoms with Gasteiger partial charge in [0.25, 0.3) is 0 Å². The maximum atomic E-state index is 13.6. The number of hydrogen-bond acceptors (Lipinski definition) is 1. The van der Waals surface area contributed by atoms with Gasteiger partial charge in [-0.3, -0.25) is 0 Å². The monoisotopic (exact) mass is 279 g/mol. The van der Waals surface area contributed by atoms with Crippen LogP contribution in [0.15, 0.2) is 36.4 Å². The van der Waals surface area contributed by atoms with Crippen molar-refractivity contribution in [3.05, 3.63) is 70.5 Å². The van der Waals surface area contributed by atoms with Crippen LogP contribution in [0.3, 0.4) is 0 Å². The maximum absolute atomic E-state index is 13.6. The molecule has 4 heteroatoms. The average Bonchev–Trinajstić information content (AvgIpc) is 2.42. The Morgan fingerprint density at radius 2 is 1.80 bits per heavy atom. The molecule has 2 rings (SSSR count). The molecule has 106 valence electrons. The van der Waals surface area contributed by atoms with Crippen molar-refractivity contribution in [1.82, 2.24) is 0 Å². The Labute approximate surface area is 116 Å². The highest BCUT2D eigenvalue weighted by Gasteiger charge is 2.18. The predicted octanol–water partition coefficient (Wildman–Crippen LogP) is 4.04. The van der Waals surface area contributed by atoms with Crippen LogP contribution in [-0.4, -0.2) is 0 Å². The molecule has 0 bridgehead atoms. The number of nitrogens with two attached hydrogens (primary N) is 1. The van der Waals surface area contributed by atoms with Crippen LogP contribution in [0, 0.1) is 24.4 Å². The van der Waals surface area contributed by atoms with E-state index in [-0.39, 0.29) is 5.56 Å². The molecule has 0 amide bonds. The maximum Gasteiger partial charge on any atom is 0.194 e. The van der Waals surface area contributed by atoms with Crippen LogP contribution in [0.5, 0.6) is 0 Å². The molecule has 2 aromatic rings. The SMILES string of the molecule is Cc1cccc(CCC(N)c2ccc(F)c(F)c2F)c1. The molecule has 0 saturated carbocycles. The Morgan fingerprint density at radius 1 is 1.05 bits per heavy atom. The van der Waals surface area contributed by atoms with E-state index in [0.717, 1.165) is 17.2 Å². The van der Waals surface area contributed by atoms with Gasteiger partial charge in [0.05, 0.1) is 0 Å². The molecule has 1 unspecified atom stereocenters. The van der Waals surface area contributed by atoms with Crippen molar-refractivity contribution in [1.29, 1.82) is 0 Å². The third-order valence-corrected chi connectivity index (χ3v) is 3.29. The van der Waals surface area contributed by atoms with Gasteiger partial charge in [0.1, 0.15) is 0 Å². The van der Waals surface area contributed by atoms with Gasteiger partial charge < -0.3 is 5.73 Å². The molecule has 0 spiro atoms. The second-order valence-corrected chi connectivity index (χ2v) is 4.90. The number of aryl methyl sites for hydroxylation is 2. The zero-order valence-corrected chi connectivity index (χ0v) is 11.2. The van der Waals surface area contributed by atoms with E-state index in [1.54, 1.807) is 0 Å². The molecule has 0 aliphatic rings. The van der Waals surface area contributed by atoms with Gasteiger partial charge in [0.2, 0.25) is 0 Å². The molecule has 0 aliphatic heterocycles. The lowest BCUT2D eigenvalue weighted by atomic mass is 9.98. The molecular formula is C16H16F3N. The zero-order valence-electron chi connectivity index (χ0n) is 11.2. The van der Waals surface area contributed by atoms with Crippen LogP contribution in [0.1, 0.15) is 29.2 Å². The first-order valence-corrected chi connectivity index (χ1v) is 6.43. The molecule has 20 heavy (non-hydrogen) atoms. The lowest BCUT2D eigenvalue weighted by Gasteiger charge is -2.13. The molecule has 0 radical (unpaired) electrons. The summed E-state index contributed by atoms with van der Waals surface area (Å²) in [6.45, 7) is 1.98. The van der Waals surface area contributed by atoms with E-state index in [0.29, 0.717) is 12.8 Å². The molecule has 0 aliphatic carbocycles. The van der Waals surface area contributed by atoms with E-state index in [4.69, 9.17) is 5.73 Å². The summed E-state index contributed by atoms with van der Waals surface area (Å²) in [5, 5.41) is 0. The third-order valence-electron chi connectivity index (χ3n) is 3.29. The summed E-state index contributed by atoms with van der Waals surface area (Å²) in [7, 11) is 0. The first-order valence-electron chi connectivity index (χ1n) is 6.43. The van der Waals surface area contributed by atoms with Crippen molar-refractivity contribution < 1.29 is 13.2 Å². The Kier molecular flexibility index (Phi) is 4.45. The Hall–Kier alpha value is -1.81. The quantitative estimate of drug-likeness (QED) is 0.840.